The Kier molecular flexibility index (Phi) is 6.20. The van der Waals surface area contributed by atoms with Crippen LogP contribution in [-0.4, -0.2) is 69.2 Å². The summed E-state index contributed by atoms with van der Waals surface area (Å²) >= 11 is 0. The van der Waals surface area contributed by atoms with E-state index in [9.17, 15) is 13.2 Å². The summed E-state index contributed by atoms with van der Waals surface area (Å²) in [6, 6.07) is 6.21. The van der Waals surface area contributed by atoms with Gasteiger partial charge in [0.2, 0.25) is 10.0 Å². The van der Waals surface area contributed by atoms with E-state index in [1.165, 1.54) is 16.4 Å². The van der Waals surface area contributed by atoms with Gasteiger partial charge in [-0.2, -0.15) is 4.31 Å². The van der Waals surface area contributed by atoms with E-state index in [0.717, 1.165) is 12.8 Å². The molecule has 0 bridgehead atoms. The summed E-state index contributed by atoms with van der Waals surface area (Å²) in [4.78, 5) is 14.3. The van der Waals surface area contributed by atoms with Crippen LogP contribution in [-0.2, 0) is 19.5 Å². The van der Waals surface area contributed by atoms with Gasteiger partial charge in [0.1, 0.15) is 0 Å². The minimum absolute atomic E-state index is 0.0946. The molecule has 27 heavy (non-hydrogen) atoms. The van der Waals surface area contributed by atoms with Gasteiger partial charge in [-0.05, 0) is 30.7 Å². The molecule has 0 unspecified atom stereocenters. The van der Waals surface area contributed by atoms with Crippen LogP contribution in [0.15, 0.2) is 29.2 Å². The molecule has 1 aromatic carbocycles. The lowest BCUT2D eigenvalue weighted by Crippen LogP contribution is -2.47. The molecule has 0 saturated carbocycles. The van der Waals surface area contributed by atoms with Gasteiger partial charge in [-0.25, -0.2) is 8.42 Å². The van der Waals surface area contributed by atoms with Crippen LogP contribution in [0.1, 0.15) is 43.0 Å². The molecule has 2 aliphatic rings. The van der Waals surface area contributed by atoms with Gasteiger partial charge in [-0.15, -0.1) is 0 Å². The van der Waals surface area contributed by atoms with Crippen molar-refractivity contribution in [3.05, 3.63) is 29.8 Å². The number of benzene rings is 1. The number of unbranched alkanes of at least 4 members (excludes halogenated alkanes) is 1. The third-order valence-electron chi connectivity index (χ3n) is 5.23. The molecule has 0 aliphatic carbocycles. The van der Waals surface area contributed by atoms with Crippen molar-refractivity contribution in [2.24, 2.45) is 0 Å². The van der Waals surface area contributed by atoms with E-state index in [1.54, 1.807) is 24.1 Å². The number of amides is 1. The standard InChI is InChI=1S/C19H28N2O5S/c1-3-4-11-20(2)18(22)16-5-7-17(8-6-16)27(23,24)21-12-9-19(10-13-21)25-14-15-26-19/h5-8H,3-4,9-15H2,1-2H3. The third-order valence-corrected chi connectivity index (χ3v) is 7.14. The second kappa shape index (κ2) is 8.26. The summed E-state index contributed by atoms with van der Waals surface area (Å²) in [5.41, 5.74) is 0.498. The highest BCUT2D eigenvalue weighted by molar-refractivity contribution is 7.89. The Morgan fingerprint density at radius 1 is 1.15 bits per heavy atom. The SMILES string of the molecule is CCCCN(C)C(=O)c1ccc(S(=O)(=O)N2CCC3(CC2)OCCO3)cc1. The fraction of sp³-hybridized carbons (Fsp3) is 0.632. The van der Waals surface area contributed by atoms with Gasteiger partial charge in [-0.3, -0.25) is 4.79 Å². The molecule has 3 rings (SSSR count). The Morgan fingerprint density at radius 2 is 1.74 bits per heavy atom. The molecule has 1 spiro atoms. The van der Waals surface area contributed by atoms with Crippen molar-refractivity contribution in [1.82, 2.24) is 9.21 Å². The van der Waals surface area contributed by atoms with Crippen LogP contribution in [0.25, 0.3) is 0 Å². The maximum absolute atomic E-state index is 12.9. The Balaban J connectivity index is 1.66. The minimum atomic E-state index is -3.59. The summed E-state index contributed by atoms with van der Waals surface area (Å²) in [6.45, 7) is 4.62. The fourth-order valence-electron chi connectivity index (χ4n) is 3.49. The zero-order chi connectivity index (χ0) is 19.5. The maximum atomic E-state index is 12.9. The smallest absolute Gasteiger partial charge is 0.253 e. The normalized spacial score (nSPS) is 20.1. The number of hydrogen-bond acceptors (Lipinski definition) is 5. The van der Waals surface area contributed by atoms with Gasteiger partial charge in [0.25, 0.3) is 5.91 Å². The average molecular weight is 397 g/mol. The molecule has 150 valence electrons. The summed E-state index contributed by atoms with van der Waals surface area (Å²) in [7, 11) is -1.82. The summed E-state index contributed by atoms with van der Waals surface area (Å²) in [6.07, 6.45) is 3.02. The average Bonchev–Trinajstić information content (AvgIpc) is 3.13. The molecule has 2 heterocycles. The zero-order valence-electron chi connectivity index (χ0n) is 16.0. The summed E-state index contributed by atoms with van der Waals surface area (Å²) in [5.74, 6) is -0.700. The van der Waals surface area contributed by atoms with E-state index in [2.05, 4.69) is 6.92 Å². The van der Waals surface area contributed by atoms with E-state index < -0.39 is 15.8 Å². The molecule has 0 radical (unpaired) electrons. The first-order valence-corrected chi connectivity index (χ1v) is 11.0. The second-order valence-electron chi connectivity index (χ2n) is 7.12. The Bertz CT molecular complexity index is 747. The number of ether oxygens (including phenoxy) is 2. The van der Waals surface area contributed by atoms with Crippen molar-refractivity contribution in [3.63, 3.8) is 0 Å². The molecule has 0 atom stereocenters. The topological polar surface area (TPSA) is 76.2 Å². The van der Waals surface area contributed by atoms with Crippen LogP contribution in [0.4, 0.5) is 0 Å². The summed E-state index contributed by atoms with van der Waals surface area (Å²) < 4.78 is 38.6. The molecular formula is C19H28N2O5S. The van der Waals surface area contributed by atoms with Crippen molar-refractivity contribution in [3.8, 4) is 0 Å². The van der Waals surface area contributed by atoms with Crippen molar-refractivity contribution in [1.29, 1.82) is 0 Å². The number of sulfonamides is 1. The van der Waals surface area contributed by atoms with E-state index in [4.69, 9.17) is 9.47 Å². The number of carbonyl (C=O) groups is 1. The molecule has 2 aliphatic heterocycles. The maximum Gasteiger partial charge on any atom is 0.253 e. The largest absolute Gasteiger partial charge is 0.347 e. The number of nitrogens with zero attached hydrogens (tertiary/aromatic N) is 2. The highest BCUT2D eigenvalue weighted by atomic mass is 32.2. The van der Waals surface area contributed by atoms with Crippen molar-refractivity contribution >= 4 is 15.9 Å². The zero-order valence-corrected chi connectivity index (χ0v) is 16.8. The third kappa shape index (κ3) is 4.34. The lowest BCUT2D eigenvalue weighted by Gasteiger charge is -2.36. The first-order valence-electron chi connectivity index (χ1n) is 9.51. The van der Waals surface area contributed by atoms with Crippen LogP contribution >= 0.6 is 0 Å². The van der Waals surface area contributed by atoms with Crippen molar-refractivity contribution < 1.29 is 22.7 Å². The predicted molar refractivity (Wildman–Crippen MR) is 101 cm³/mol. The Morgan fingerprint density at radius 3 is 2.30 bits per heavy atom. The molecule has 2 saturated heterocycles. The van der Waals surface area contributed by atoms with Gasteiger partial charge in [0, 0.05) is 45.1 Å². The highest BCUT2D eigenvalue weighted by Crippen LogP contribution is 2.33. The van der Waals surface area contributed by atoms with E-state index in [1.807, 2.05) is 0 Å². The van der Waals surface area contributed by atoms with Crippen molar-refractivity contribution in [2.45, 2.75) is 43.3 Å². The molecule has 7 nitrogen and oxygen atoms in total. The van der Waals surface area contributed by atoms with Crippen molar-refractivity contribution in [2.75, 3.05) is 39.9 Å². The Labute approximate surface area is 161 Å². The lowest BCUT2D eigenvalue weighted by molar-refractivity contribution is -0.179. The van der Waals surface area contributed by atoms with Crippen LogP contribution in [0.5, 0.6) is 0 Å². The van der Waals surface area contributed by atoms with Gasteiger partial charge < -0.3 is 14.4 Å². The monoisotopic (exact) mass is 396 g/mol. The van der Waals surface area contributed by atoms with E-state index in [0.29, 0.717) is 51.3 Å². The van der Waals surface area contributed by atoms with Crippen LogP contribution in [0.3, 0.4) is 0 Å². The van der Waals surface area contributed by atoms with E-state index >= 15 is 0 Å². The highest BCUT2D eigenvalue weighted by Gasteiger charge is 2.42. The first kappa shape index (κ1) is 20.3. The molecule has 1 amide bonds. The first-order chi connectivity index (χ1) is 12.9. The number of hydrogen-bond donors (Lipinski definition) is 0. The van der Waals surface area contributed by atoms with Gasteiger partial charge in [-0.1, -0.05) is 13.3 Å². The van der Waals surface area contributed by atoms with Crippen LogP contribution in [0, 0.1) is 0 Å². The molecule has 1 aromatic rings. The van der Waals surface area contributed by atoms with Crippen LogP contribution < -0.4 is 0 Å². The molecular weight excluding hydrogens is 368 g/mol. The van der Waals surface area contributed by atoms with Gasteiger partial charge in [0.05, 0.1) is 18.1 Å². The quantitative estimate of drug-likeness (QED) is 0.736. The fourth-order valence-corrected chi connectivity index (χ4v) is 4.93. The molecule has 0 N–H and O–H groups in total. The number of carbonyl (C=O) groups excluding carboxylic acids is 1. The molecule has 2 fully saturated rings. The van der Waals surface area contributed by atoms with E-state index in [-0.39, 0.29) is 10.8 Å². The molecule has 8 heteroatoms. The second-order valence-corrected chi connectivity index (χ2v) is 9.05. The summed E-state index contributed by atoms with van der Waals surface area (Å²) in [5, 5.41) is 0. The van der Waals surface area contributed by atoms with Gasteiger partial charge in [0.15, 0.2) is 5.79 Å². The molecule has 0 aromatic heterocycles. The predicted octanol–water partition coefficient (Wildman–Crippen LogP) is 2.09. The van der Waals surface area contributed by atoms with Gasteiger partial charge >= 0.3 is 0 Å². The number of piperidine rings is 1. The number of rotatable bonds is 6. The lowest BCUT2D eigenvalue weighted by atomic mass is 10.1. The minimum Gasteiger partial charge on any atom is -0.347 e. The van der Waals surface area contributed by atoms with Crippen LogP contribution in [0.2, 0.25) is 0 Å². The Hall–Kier alpha value is -1.48.